The van der Waals surface area contributed by atoms with Crippen LogP contribution in [-0.2, 0) is 16.6 Å². The number of anilines is 1. The van der Waals surface area contributed by atoms with Crippen molar-refractivity contribution < 1.29 is 37.0 Å². The lowest BCUT2D eigenvalue weighted by atomic mass is 9.85. The quantitative estimate of drug-likeness (QED) is 0.517. The summed E-state index contributed by atoms with van der Waals surface area (Å²) in [6.45, 7) is 2.18. The van der Waals surface area contributed by atoms with Crippen LogP contribution >= 0.6 is 11.3 Å². The second kappa shape index (κ2) is 9.42. The number of nitrogens with zero attached hydrogens (tertiary/aromatic N) is 4. The molecule has 3 aromatic rings. The number of likely N-dealkylation sites (tertiary alicyclic amines) is 1. The number of rotatable bonds is 4. The monoisotopic (exact) mass is 549 g/mol. The summed E-state index contributed by atoms with van der Waals surface area (Å²) in [7, 11) is 2.70. The Hall–Kier alpha value is -3.94. The van der Waals surface area contributed by atoms with E-state index in [9.17, 15) is 22.8 Å². The van der Waals surface area contributed by atoms with Gasteiger partial charge in [-0.05, 0) is 18.2 Å². The maximum absolute atomic E-state index is 13.5. The van der Waals surface area contributed by atoms with E-state index in [1.165, 1.54) is 33.5 Å². The molecule has 10 nitrogen and oxygen atoms in total. The van der Waals surface area contributed by atoms with Crippen LogP contribution in [0, 0.1) is 0 Å². The Bertz CT molecular complexity index is 1400. The van der Waals surface area contributed by atoms with Crippen molar-refractivity contribution in [2.24, 2.45) is 0 Å². The molecule has 38 heavy (non-hydrogen) atoms. The third kappa shape index (κ3) is 4.38. The molecular formula is C24H22F3N5O5S. The Morgan fingerprint density at radius 3 is 2.37 bits per heavy atom. The van der Waals surface area contributed by atoms with E-state index >= 15 is 0 Å². The number of hydrogen-bond acceptors (Lipinski definition) is 9. The second-order valence-electron chi connectivity index (χ2n) is 8.73. The van der Waals surface area contributed by atoms with E-state index in [1.54, 1.807) is 4.90 Å². The molecule has 0 aliphatic carbocycles. The number of piperidine rings is 1. The van der Waals surface area contributed by atoms with Gasteiger partial charge < -0.3 is 19.1 Å². The van der Waals surface area contributed by atoms with E-state index < -0.39 is 23.2 Å². The first-order valence-electron chi connectivity index (χ1n) is 11.5. The lowest BCUT2D eigenvalue weighted by Crippen LogP contribution is -2.48. The van der Waals surface area contributed by atoms with Crippen molar-refractivity contribution >= 4 is 28.3 Å². The number of nitrogens with one attached hydrogen (secondary N) is 1. The molecule has 1 N–H and O–H groups in total. The van der Waals surface area contributed by atoms with Gasteiger partial charge in [-0.3, -0.25) is 14.9 Å². The Kier molecular flexibility index (Phi) is 6.37. The summed E-state index contributed by atoms with van der Waals surface area (Å²) in [5.74, 6) is -0.693. The molecule has 2 aliphatic heterocycles. The molecule has 0 saturated carbocycles. The highest BCUT2D eigenvalue weighted by molar-refractivity contribution is 7.16. The summed E-state index contributed by atoms with van der Waals surface area (Å²) in [6.07, 6.45) is -2.67. The van der Waals surface area contributed by atoms with Crippen molar-refractivity contribution in [3.05, 3.63) is 40.5 Å². The fraction of sp³-hybridized carbons (Fsp3) is 0.375. The maximum atomic E-state index is 13.5. The number of aromatic nitrogens is 3. The van der Waals surface area contributed by atoms with Crippen LogP contribution < -0.4 is 19.5 Å². The number of carbonyl (C=O) groups excluding carboxylic acids is 2. The molecule has 5 rings (SSSR count). The minimum Gasteiger partial charge on any atom is -0.481 e. The first kappa shape index (κ1) is 25.7. The van der Waals surface area contributed by atoms with Gasteiger partial charge in [0.2, 0.25) is 17.7 Å². The lowest BCUT2D eigenvalue weighted by Gasteiger charge is -2.43. The fourth-order valence-electron chi connectivity index (χ4n) is 4.63. The minimum atomic E-state index is -4.55. The van der Waals surface area contributed by atoms with Crippen LogP contribution in [0.4, 0.5) is 18.3 Å². The van der Waals surface area contributed by atoms with Crippen molar-refractivity contribution in [1.82, 2.24) is 19.9 Å². The summed E-state index contributed by atoms with van der Waals surface area (Å²) < 4.78 is 57.1. The van der Waals surface area contributed by atoms with Crippen LogP contribution in [-0.4, -0.2) is 59.0 Å². The Balaban J connectivity index is 1.56. The summed E-state index contributed by atoms with van der Waals surface area (Å²) in [4.78, 5) is 39.9. The van der Waals surface area contributed by atoms with Crippen molar-refractivity contribution in [1.29, 1.82) is 0 Å². The van der Waals surface area contributed by atoms with Crippen LogP contribution in [0.3, 0.4) is 0 Å². The molecule has 200 valence electrons. The normalized spacial score (nSPS) is 15.8. The number of benzene rings is 1. The van der Waals surface area contributed by atoms with Crippen LogP contribution in [0.5, 0.6) is 17.5 Å². The standard InChI is InChI=1S/C24H22F3N5O5S/c1-12(33)32-8-6-23(7-9-32)18-17(14-5-4-13(24(25,26)27)10-15(14)37-23)30-22(38-18)31-19(34)16-20(35-2)28-11-29-21(16)36-3/h4-5,10-11H,6-9H2,1-3H3,(H,30,31,34). The van der Waals surface area contributed by atoms with E-state index in [0.29, 0.717) is 42.1 Å². The van der Waals surface area contributed by atoms with E-state index in [0.717, 1.165) is 23.5 Å². The van der Waals surface area contributed by atoms with Crippen LogP contribution in [0.15, 0.2) is 24.5 Å². The predicted octanol–water partition coefficient (Wildman–Crippen LogP) is 4.12. The van der Waals surface area contributed by atoms with Crippen LogP contribution in [0.1, 0.15) is 40.6 Å². The molecule has 1 aromatic carbocycles. The summed E-state index contributed by atoms with van der Waals surface area (Å²) >= 11 is 1.16. The fourth-order valence-corrected chi connectivity index (χ4v) is 5.79. The maximum Gasteiger partial charge on any atom is 0.416 e. The van der Waals surface area contributed by atoms with Gasteiger partial charge in [-0.2, -0.15) is 13.2 Å². The van der Waals surface area contributed by atoms with E-state index in [2.05, 4.69) is 20.3 Å². The van der Waals surface area contributed by atoms with Gasteiger partial charge in [0, 0.05) is 38.4 Å². The predicted molar refractivity (Wildman–Crippen MR) is 129 cm³/mol. The van der Waals surface area contributed by atoms with E-state index in [4.69, 9.17) is 14.2 Å². The Morgan fingerprint density at radius 2 is 1.79 bits per heavy atom. The highest BCUT2D eigenvalue weighted by atomic mass is 32.1. The van der Waals surface area contributed by atoms with Crippen molar-refractivity contribution in [2.45, 2.75) is 31.5 Å². The average Bonchev–Trinajstić information content (AvgIpc) is 3.32. The summed E-state index contributed by atoms with van der Waals surface area (Å²) in [5.41, 5.74) is -1.10. The number of halogens is 3. The highest BCUT2D eigenvalue weighted by Gasteiger charge is 2.47. The highest BCUT2D eigenvalue weighted by Crippen LogP contribution is 2.53. The zero-order valence-corrected chi connectivity index (χ0v) is 21.3. The molecule has 0 radical (unpaired) electrons. The van der Waals surface area contributed by atoms with Gasteiger partial charge >= 0.3 is 6.18 Å². The average molecular weight is 550 g/mol. The SMILES string of the molecule is COc1ncnc(OC)c1C(=O)Nc1nc2c(s1)C1(CCN(C(C)=O)CC1)Oc1cc(C(F)(F)F)ccc1-2. The number of thiazole rings is 1. The third-order valence-corrected chi connectivity index (χ3v) is 7.69. The largest absolute Gasteiger partial charge is 0.481 e. The number of ether oxygens (including phenoxy) is 3. The summed E-state index contributed by atoms with van der Waals surface area (Å²) in [6, 6.07) is 3.25. The topological polar surface area (TPSA) is 116 Å². The van der Waals surface area contributed by atoms with Crippen LogP contribution in [0.2, 0.25) is 0 Å². The molecule has 2 aliphatic rings. The third-order valence-electron chi connectivity index (χ3n) is 6.54. The molecule has 2 amide bonds. The van der Waals surface area contributed by atoms with Crippen molar-refractivity contribution in [2.75, 3.05) is 32.6 Å². The van der Waals surface area contributed by atoms with Crippen LogP contribution in [0.25, 0.3) is 11.3 Å². The molecule has 1 spiro atoms. The molecule has 0 bridgehead atoms. The zero-order chi connectivity index (χ0) is 27.2. The van der Waals surface area contributed by atoms with Gasteiger partial charge in [0.25, 0.3) is 5.91 Å². The van der Waals surface area contributed by atoms with Gasteiger partial charge in [-0.15, -0.1) is 0 Å². The molecule has 0 unspecified atom stereocenters. The zero-order valence-electron chi connectivity index (χ0n) is 20.5. The minimum absolute atomic E-state index is 0.00268. The molecular weight excluding hydrogens is 527 g/mol. The van der Waals surface area contributed by atoms with E-state index in [-0.39, 0.29) is 34.1 Å². The number of fused-ring (bicyclic) bond motifs is 4. The first-order valence-corrected chi connectivity index (χ1v) is 12.3. The van der Waals surface area contributed by atoms with Gasteiger partial charge in [-0.1, -0.05) is 11.3 Å². The van der Waals surface area contributed by atoms with E-state index in [1.807, 2.05) is 0 Å². The number of carbonyl (C=O) groups is 2. The molecule has 1 saturated heterocycles. The molecule has 4 heterocycles. The lowest BCUT2D eigenvalue weighted by molar-refractivity contribution is -0.138. The summed E-state index contributed by atoms with van der Waals surface area (Å²) in [5, 5.41) is 2.90. The Morgan fingerprint density at radius 1 is 1.13 bits per heavy atom. The number of alkyl halides is 3. The molecule has 0 atom stereocenters. The number of amides is 2. The van der Waals surface area contributed by atoms with Crippen molar-refractivity contribution in [3.8, 4) is 28.8 Å². The molecule has 2 aromatic heterocycles. The van der Waals surface area contributed by atoms with Gasteiger partial charge in [0.1, 0.15) is 17.7 Å². The first-order chi connectivity index (χ1) is 18.1. The smallest absolute Gasteiger partial charge is 0.416 e. The Labute approximate surface area is 218 Å². The number of methoxy groups -OCH3 is 2. The van der Waals surface area contributed by atoms with Gasteiger partial charge in [-0.25, -0.2) is 15.0 Å². The van der Waals surface area contributed by atoms with Gasteiger partial charge in [0.05, 0.1) is 30.4 Å². The van der Waals surface area contributed by atoms with Crippen molar-refractivity contribution in [3.63, 3.8) is 0 Å². The molecule has 1 fully saturated rings. The van der Waals surface area contributed by atoms with Gasteiger partial charge in [0.15, 0.2) is 10.7 Å². The molecule has 14 heteroatoms. The second-order valence-corrected chi connectivity index (χ2v) is 9.73. The number of hydrogen-bond donors (Lipinski definition) is 1.